The molecular weight excluding hydrogens is 336 g/mol. The summed E-state index contributed by atoms with van der Waals surface area (Å²) in [5.74, 6) is -0.0926. The highest BCUT2D eigenvalue weighted by atomic mass is 16.2. The zero-order valence-electron chi connectivity index (χ0n) is 15.3. The fourth-order valence-electron chi connectivity index (χ4n) is 3.17. The van der Waals surface area contributed by atoms with E-state index in [-0.39, 0.29) is 5.91 Å². The van der Waals surface area contributed by atoms with E-state index in [0.717, 1.165) is 33.5 Å². The first-order chi connectivity index (χ1) is 13.1. The fourth-order valence-corrected chi connectivity index (χ4v) is 3.17. The minimum atomic E-state index is -0.0926. The van der Waals surface area contributed by atoms with Gasteiger partial charge in [0.25, 0.3) is 5.91 Å². The lowest BCUT2D eigenvalue weighted by Crippen LogP contribution is -2.31. The number of hydrogen-bond acceptors (Lipinski definition) is 3. The number of anilines is 1. The first-order valence-corrected chi connectivity index (χ1v) is 8.84. The number of carbonyl (C=O) groups excluding carboxylic acids is 1. The first-order valence-electron chi connectivity index (χ1n) is 8.84. The molecule has 0 spiro atoms. The molecular formula is C22H20N4O. The van der Waals surface area contributed by atoms with Gasteiger partial charge in [-0.15, -0.1) is 0 Å². The molecule has 2 aromatic carbocycles. The molecule has 134 valence electrons. The summed E-state index contributed by atoms with van der Waals surface area (Å²) < 4.78 is 0. The molecule has 0 radical (unpaired) electrons. The molecule has 2 heterocycles. The number of hydrogen-bond donors (Lipinski definition) is 1. The Morgan fingerprint density at radius 3 is 2.59 bits per heavy atom. The van der Waals surface area contributed by atoms with Gasteiger partial charge in [0.05, 0.1) is 29.6 Å². The van der Waals surface area contributed by atoms with Crippen molar-refractivity contribution >= 4 is 22.5 Å². The van der Waals surface area contributed by atoms with Crippen LogP contribution < -0.4 is 4.90 Å². The molecule has 0 bridgehead atoms. The van der Waals surface area contributed by atoms with Crippen LogP contribution in [0.2, 0.25) is 0 Å². The SMILES string of the molecule is Cc1ccccc1N(Cc1nc[nH]c1C)C(=O)c1cnc2ccccc2c1. The second kappa shape index (κ2) is 7.03. The quantitative estimate of drug-likeness (QED) is 0.589. The summed E-state index contributed by atoms with van der Waals surface area (Å²) >= 11 is 0. The lowest BCUT2D eigenvalue weighted by Gasteiger charge is -2.24. The molecule has 0 aliphatic rings. The first kappa shape index (κ1) is 17.0. The van der Waals surface area contributed by atoms with Gasteiger partial charge in [0.15, 0.2) is 0 Å². The van der Waals surface area contributed by atoms with E-state index in [1.54, 1.807) is 17.4 Å². The molecule has 4 rings (SSSR count). The van der Waals surface area contributed by atoms with Gasteiger partial charge in [0.1, 0.15) is 0 Å². The molecule has 0 saturated carbocycles. The zero-order valence-corrected chi connectivity index (χ0v) is 15.3. The lowest BCUT2D eigenvalue weighted by atomic mass is 10.1. The maximum Gasteiger partial charge on any atom is 0.260 e. The molecule has 2 aromatic heterocycles. The average Bonchev–Trinajstić information content (AvgIpc) is 3.10. The number of amides is 1. The number of benzene rings is 2. The minimum absolute atomic E-state index is 0.0926. The summed E-state index contributed by atoms with van der Waals surface area (Å²) in [5, 5.41) is 0.948. The standard InChI is InChI=1S/C22H20N4O/c1-15-7-3-6-10-21(15)26(13-20-16(2)24-14-25-20)22(27)18-11-17-8-4-5-9-19(17)23-12-18/h3-12,14H,13H2,1-2H3,(H,24,25). The van der Waals surface area contributed by atoms with E-state index in [9.17, 15) is 4.79 Å². The Morgan fingerprint density at radius 2 is 1.81 bits per heavy atom. The second-order valence-electron chi connectivity index (χ2n) is 6.57. The van der Waals surface area contributed by atoms with Crippen LogP contribution in [-0.4, -0.2) is 20.9 Å². The van der Waals surface area contributed by atoms with Crippen LogP contribution in [0.15, 0.2) is 67.1 Å². The number of aryl methyl sites for hydroxylation is 2. The van der Waals surface area contributed by atoms with Gasteiger partial charge in [-0.1, -0.05) is 36.4 Å². The van der Waals surface area contributed by atoms with Crippen molar-refractivity contribution in [3.63, 3.8) is 0 Å². The van der Waals surface area contributed by atoms with Crippen molar-refractivity contribution < 1.29 is 4.79 Å². The van der Waals surface area contributed by atoms with Crippen LogP contribution in [0.3, 0.4) is 0 Å². The summed E-state index contributed by atoms with van der Waals surface area (Å²) in [5.41, 5.74) is 5.15. The maximum absolute atomic E-state index is 13.4. The highest BCUT2D eigenvalue weighted by Gasteiger charge is 2.21. The van der Waals surface area contributed by atoms with Gasteiger partial charge in [0, 0.05) is 23.0 Å². The summed E-state index contributed by atoms with van der Waals surface area (Å²) in [6, 6.07) is 17.6. The molecule has 1 N–H and O–H groups in total. The zero-order chi connectivity index (χ0) is 18.8. The number of imidazole rings is 1. The van der Waals surface area contributed by atoms with Crippen molar-refractivity contribution in [1.29, 1.82) is 0 Å². The van der Waals surface area contributed by atoms with E-state index in [1.807, 2.05) is 68.4 Å². The van der Waals surface area contributed by atoms with Gasteiger partial charge in [-0.3, -0.25) is 9.78 Å². The van der Waals surface area contributed by atoms with E-state index in [0.29, 0.717) is 12.1 Å². The van der Waals surface area contributed by atoms with Crippen molar-refractivity contribution in [3.8, 4) is 0 Å². The second-order valence-corrected chi connectivity index (χ2v) is 6.57. The molecule has 1 amide bonds. The van der Waals surface area contributed by atoms with Crippen molar-refractivity contribution in [2.24, 2.45) is 0 Å². The Hall–Kier alpha value is -3.47. The maximum atomic E-state index is 13.4. The predicted octanol–water partition coefficient (Wildman–Crippen LogP) is 4.42. The van der Waals surface area contributed by atoms with Crippen molar-refractivity contribution in [2.45, 2.75) is 20.4 Å². The molecule has 0 aliphatic heterocycles. The van der Waals surface area contributed by atoms with Gasteiger partial charge >= 0.3 is 0 Å². The molecule has 5 nitrogen and oxygen atoms in total. The topological polar surface area (TPSA) is 61.9 Å². The average molecular weight is 356 g/mol. The monoisotopic (exact) mass is 356 g/mol. The van der Waals surface area contributed by atoms with E-state index < -0.39 is 0 Å². The Morgan fingerprint density at radius 1 is 1.04 bits per heavy atom. The summed E-state index contributed by atoms with van der Waals surface area (Å²) in [6.45, 7) is 4.36. The Bertz CT molecular complexity index is 1120. The van der Waals surface area contributed by atoms with Crippen molar-refractivity contribution in [2.75, 3.05) is 4.90 Å². The Kier molecular flexibility index (Phi) is 4.42. The number of H-pyrrole nitrogens is 1. The van der Waals surface area contributed by atoms with Crippen LogP contribution in [0, 0.1) is 13.8 Å². The number of nitrogens with one attached hydrogen (secondary N) is 1. The molecule has 4 aromatic rings. The highest BCUT2D eigenvalue weighted by molar-refractivity contribution is 6.07. The van der Waals surface area contributed by atoms with E-state index in [1.165, 1.54) is 0 Å². The van der Waals surface area contributed by atoms with Crippen LogP contribution in [0.4, 0.5) is 5.69 Å². The highest BCUT2D eigenvalue weighted by Crippen LogP contribution is 2.25. The Labute approximate surface area is 157 Å². The fraction of sp³-hybridized carbons (Fsp3) is 0.136. The van der Waals surface area contributed by atoms with Gasteiger partial charge in [0.2, 0.25) is 0 Å². The number of rotatable bonds is 4. The lowest BCUT2D eigenvalue weighted by molar-refractivity contribution is 0.0984. The molecule has 0 unspecified atom stereocenters. The van der Waals surface area contributed by atoms with Crippen molar-refractivity contribution in [1.82, 2.24) is 15.0 Å². The van der Waals surface area contributed by atoms with Gasteiger partial charge in [-0.05, 0) is 37.6 Å². The molecule has 0 fully saturated rings. The largest absolute Gasteiger partial charge is 0.348 e. The van der Waals surface area contributed by atoms with Crippen LogP contribution in [0.5, 0.6) is 0 Å². The van der Waals surface area contributed by atoms with Crippen LogP contribution in [0.1, 0.15) is 27.3 Å². The minimum Gasteiger partial charge on any atom is -0.348 e. The third-order valence-corrected chi connectivity index (χ3v) is 4.73. The summed E-state index contributed by atoms with van der Waals surface area (Å²) in [7, 11) is 0. The van der Waals surface area contributed by atoms with Gasteiger partial charge in [-0.25, -0.2) is 4.98 Å². The van der Waals surface area contributed by atoms with Crippen LogP contribution in [0.25, 0.3) is 10.9 Å². The number of carbonyl (C=O) groups is 1. The third-order valence-electron chi connectivity index (χ3n) is 4.73. The smallest absolute Gasteiger partial charge is 0.260 e. The van der Waals surface area contributed by atoms with Crippen LogP contribution in [-0.2, 0) is 6.54 Å². The number of aromatic amines is 1. The molecule has 27 heavy (non-hydrogen) atoms. The predicted molar refractivity (Wildman–Crippen MR) is 107 cm³/mol. The number of nitrogens with zero attached hydrogens (tertiary/aromatic N) is 3. The van der Waals surface area contributed by atoms with E-state index in [4.69, 9.17) is 0 Å². The number of aromatic nitrogens is 3. The Balaban J connectivity index is 1.77. The van der Waals surface area contributed by atoms with Crippen LogP contribution >= 0.6 is 0 Å². The van der Waals surface area contributed by atoms with Gasteiger partial charge in [-0.2, -0.15) is 0 Å². The molecule has 5 heteroatoms. The van der Waals surface area contributed by atoms with Crippen molar-refractivity contribution in [3.05, 3.63) is 89.6 Å². The summed E-state index contributed by atoms with van der Waals surface area (Å²) in [4.78, 5) is 27.1. The number of para-hydroxylation sites is 2. The molecule has 0 atom stereocenters. The van der Waals surface area contributed by atoms with E-state index >= 15 is 0 Å². The number of fused-ring (bicyclic) bond motifs is 1. The number of pyridine rings is 1. The summed E-state index contributed by atoms with van der Waals surface area (Å²) in [6.07, 6.45) is 3.30. The normalized spacial score (nSPS) is 10.9. The molecule has 0 saturated heterocycles. The van der Waals surface area contributed by atoms with E-state index in [2.05, 4.69) is 15.0 Å². The molecule has 0 aliphatic carbocycles. The van der Waals surface area contributed by atoms with Gasteiger partial charge < -0.3 is 9.88 Å². The third kappa shape index (κ3) is 3.31.